The molecule has 1 aromatic carbocycles. The first-order valence-corrected chi connectivity index (χ1v) is 8.47. The van der Waals surface area contributed by atoms with Crippen LogP contribution in [0.5, 0.6) is 0 Å². The van der Waals surface area contributed by atoms with Crippen LogP contribution in [0.15, 0.2) is 36.4 Å². The minimum absolute atomic E-state index is 0.608. The second-order valence-corrected chi connectivity index (χ2v) is 7.65. The molecule has 22 heavy (non-hydrogen) atoms. The molecule has 1 fully saturated rings. The molecule has 1 aliphatic rings. The maximum Gasteiger partial charge on any atom is 0.310 e. The molecule has 1 atom stereocenters. The van der Waals surface area contributed by atoms with Gasteiger partial charge in [0.25, 0.3) is 0 Å². The van der Waals surface area contributed by atoms with Crippen molar-refractivity contribution < 1.29 is 9.90 Å². The summed E-state index contributed by atoms with van der Waals surface area (Å²) >= 11 is 7.96. The Balaban J connectivity index is 1.71. The Kier molecular flexibility index (Phi) is 4.26. The lowest BCUT2D eigenvalue weighted by atomic mass is 9.90. The van der Waals surface area contributed by atoms with E-state index in [9.17, 15) is 9.90 Å². The van der Waals surface area contributed by atoms with E-state index < -0.39 is 11.4 Å². The molecule has 1 saturated heterocycles. The third-order valence-electron chi connectivity index (χ3n) is 4.25. The molecule has 116 valence electrons. The lowest BCUT2D eigenvalue weighted by Crippen LogP contribution is -2.31. The highest BCUT2D eigenvalue weighted by atomic mass is 35.5. The summed E-state index contributed by atoms with van der Waals surface area (Å²) in [4.78, 5) is 15.9. The van der Waals surface area contributed by atoms with E-state index in [4.69, 9.17) is 11.6 Å². The van der Waals surface area contributed by atoms with E-state index in [1.165, 1.54) is 4.88 Å². The smallest absolute Gasteiger partial charge is 0.310 e. The van der Waals surface area contributed by atoms with Crippen molar-refractivity contribution in [2.24, 2.45) is 5.41 Å². The van der Waals surface area contributed by atoms with Crippen LogP contribution in [0.25, 0.3) is 10.4 Å². The molecule has 2 aromatic rings. The molecule has 3 rings (SSSR count). The van der Waals surface area contributed by atoms with E-state index in [2.05, 4.69) is 17.0 Å². The molecule has 2 heterocycles. The molecule has 0 spiro atoms. The summed E-state index contributed by atoms with van der Waals surface area (Å²) in [5, 5.41) is 10.1. The van der Waals surface area contributed by atoms with Gasteiger partial charge >= 0.3 is 5.97 Å². The number of thiophene rings is 1. The van der Waals surface area contributed by atoms with Gasteiger partial charge in [0, 0.05) is 33.4 Å². The number of likely N-dealkylation sites (tertiary alicyclic amines) is 1. The van der Waals surface area contributed by atoms with Crippen LogP contribution in [0, 0.1) is 5.41 Å². The van der Waals surface area contributed by atoms with Gasteiger partial charge in [0.15, 0.2) is 0 Å². The number of hydrogen-bond acceptors (Lipinski definition) is 3. The number of nitrogens with zero attached hydrogens (tertiary/aromatic N) is 1. The number of halogens is 1. The summed E-state index contributed by atoms with van der Waals surface area (Å²) in [6, 6.07) is 12.0. The maximum absolute atomic E-state index is 11.3. The maximum atomic E-state index is 11.3. The van der Waals surface area contributed by atoms with Gasteiger partial charge in [-0.2, -0.15) is 0 Å². The minimum Gasteiger partial charge on any atom is -0.481 e. The van der Waals surface area contributed by atoms with Crippen molar-refractivity contribution in [1.29, 1.82) is 0 Å². The zero-order chi connectivity index (χ0) is 15.7. The van der Waals surface area contributed by atoms with Crippen LogP contribution in [-0.4, -0.2) is 29.1 Å². The van der Waals surface area contributed by atoms with Gasteiger partial charge in [-0.25, -0.2) is 0 Å². The molecular formula is C17H18ClNO2S. The zero-order valence-corrected chi connectivity index (χ0v) is 14.0. The van der Waals surface area contributed by atoms with Crippen LogP contribution < -0.4 is 0 Å². The van der Waals surface area contributed by atoms with Crippen LogP contribution in [0.4, 0.5) is 0 Å². The lowest BCUT2D eigenvalue weighted by Gasteiger charge is -2.19. The summed E-state index contributed by atoms with van der Waals surface area (Å²) in [5.41, 5.74) is 0.445. The van der Waals surface area contributed by atoms with E-state index in [1.54, 1.807) is 11.3 Å². The van der Waals surface area contributed by atoms with Gasteiger partial charge in [-0.3, -0.25) is 9.69 Å². The monoisotopic (exact) mass is 335 g/mol. The number of benzene rings is 1. The van der Waals surface area contributed by atoms with Crippen molar-refractivity contribution in [2.45, 2.75) is 19.9 Å². The van der Waals surface area contributed by atoms with Crippen molar-refractivity contribution in [3.63, 3.8) is 0 Å². The fourth-order valence-corrected chi connectivity index (χ4v) is 4.24. The standard InChI is InChI=1S/C17H18ClNO2S/c1-17(16(20)21)8-9-19(11-17)10-12-6-7-15(22-12)13-4-2-3-5-14(13)18/h2-7H,8-11H2,1H3,(H,20,21). The molecule has 0 saturated carbocycles. The van der Waals surface area contributed by atoms with Crippen LogP contribution in [0.3, 0.4) is 0 Å². The van der Waals surface area contributed by atoms with Crippen LogP contribution in [0.2, 0.25) is 5.02 Å². The van der Waals surface area contributed by atoms with E-state index in [0.29, 0.717) is 13.0 Å². The summed E-state index contributed by atoms with van der Waals surface area (Å²) in [6.07, 6.45) is 0.713. The number of carbonyl (C=O) groups is 1. The van der Waals surface area contributed by atoms with Crippen molar-refractivity contribution in [3.05, 3.63) is 46.3 Å². The second kappa shape index (κ2) is 6.03. The zero-order valence-electron chi connectivity index (χ0n) is 12.4. The van der Waals surface area contributed by atoms with Gasteiger partial charge in [-0.15, -0.1) is 11.3 Å². The molecule has 5 heteroatoms. The Morgan fingerprint density at radius 3 is 2.82 bits per heavy atom. The second-order valence-electron chi connectivity index (χ2n) is 6.07. The Morgan fingerprint density at radius 2 is 2.14 bits per heavy atom. The summed E-state index contributed by atoms with van der Waals surface area (Å²) in [6.45, 7) is 4.08. The van der Waals surface area contributed by atoms with Crippen molar-refractivity contribution >= 4 is 28.9 Å². The first kappa shape index (κ1) is 15.5. The fraction of sp³-hybridized carbons (Fsp3) is 0.353. The number of carboxylic acid groups (broad SMARTS) is 1. The Morgan fingerprint density at radius 1 is 1.36 bits per heavy atom. The van der Waals surface area contributed by atoms with Gasteiger partial charge in [0.1, 0.15) is 0 Å². The first-order valence-electron chi connectivity index (χ1n) is 7.27. The Bertz CT molecular complexity index is 699. The van der Waals surface area contributed by atoms with Crippen molar-refractivity contribution in [2.75, 3.05) is 13.1 Å². The van der Waals surface area contributed by atoms with Crippen molar-refractivity contribution in [1.82, 2.24) is 4.90 Å². The molecule has 1 aromatic heterocycles. The lowest BCUT2D eigenvalue weighted by molar-refractivity contribution is -0.147. The Labute approximate surface area is 139 Å². The minimum atomic E-state index is -0.696. The highest BCUT2D eigenvalue weighted by Gasteiger charge is 2.40. The summed E-state index contributed by atoms with van der Waals surface area (Å²) in [5.74, 6) is -0.696. The Hall–Kier alpha value is -1.36. The van der Waals surface area contributed by atoms with E-state index >= 15 is 0 Å². The molecule has 1 N–H and O–H groups in total. The largest absolute Gasteiger partial charge is 0.481 e. The highest BCUT2D eigenvalue weighted by Crippen LogP contribution is 2.35. The molecular weight excluding hydrogens is 318 g/mol. The summed E-state index contributed by atoms with van der Waals surface area (Å²) < 4.78 is 0. The predicted molar refractivity (Wildman–Crippen MR) is 90.4 cm³/mol. The van der Waals surface area contributed by atoms with Gasteiger partial charge in [0.05, 0.1) is 5.41 Å². The predicted octanol–water partition coefficient (Wildman–Crippen LogP) is 4.37. The quantitative estimate of drug-likeness (QED) is 0.902. The van der Waals surface area contributed by atoms with Crippen LogP contribution in [-0.2, 0) is 11.3 Å². The van der Waals surface area contributed by atoms with Crippen LogP contribution >= 0.6 is 22.9 Å². The van der Waals surface area contributed by atoms with E-state index in [0.717, 1.165) is 28.6 Å². The molecule has 1 aliphatic heterocycles. The van der Waals surface area contributed by atoms with Crippen LogP contribution in [0.1, 0.15) is 18.2 Å². The third-order valence-corrected chi connectivity index (χ3v) is 5.68. The van der Waals surface area contributed by atoms with E-state index in [-0.39, 0.29) is 0 Å². The summed E-state index contributed by atoms with van der Waals surface area (Å²) in [7, 11) is 0. The number of aliphatic carboxylic acids is 1. The molecule has 3 nitrogen and oxygen atoms in total. The normalized spacial score (nSPS) is 22.1. The van der Waals surface area contributed by atoms with E-state index in [1.807, 2.05) is 31.2 Å². The number of rotatable bonds is 4. The van der Waals surface area contributed by atoms with Gasteiger partial charge in [-0.1, -0.05) is 29.8 Å². The average Bonchev–Trinajstić information content (AvgIpc) is 3.08. The number of carboxylic acids is 1. The first-order chi connectivity index (χ1) is 10.5. The topological polar surface area (TPSA) is 40.5 Å². The van der Waals surface area contributed by atoms with Crippen molar-refractivity contribution in [3.8, 4) is 10.4 Å². The van der Waals surface area contributed by atoms with Gasteiger partial charge in [-0.05, 0) is 38.1 Å². The van der Waals surface area contributed by atoms with Gasteiger partial charge in [0.2, 0.25) is 0 Å². The fourth-order valence-electron chi connectivity index (χ4n) is 2.86. The number of hydrogen-bond donors (Lipinski definition) is 1. The van der Waals surface area contributed by atoms with Gasteiger partial charge < -0.3 is 5.11 Å². The molecule has 0 bridgehead atoms. The molecule has 0 amide bonds. The molecule has 0 aliphatic carbocycles. The highest BCUT2D eigenvalue weighted by molar-refractivity contribution is 7.15. The average molecular weight is 336 g/mol. The molecule has 0 radical (unpaired) electrons. The molecule has 1 unspecified atom stereocenters. The third kappa shape index (κ3) is 3.05. The SMILES string of the molecule is CC1(C(=O)O)CCN(Cc2ccc(-c3ccccc3Cl)s2)C1.